The molecule has 5 rings (SSSR count). The summed E-state index contributed by atoms with van der Waals surface area (Å²) in [5.74, 6) is 0.395. The minimum absolute atomic E-state index is 0.0304. The largest absolute Gasteiger partial charge is 0.497 e. The molecule has 0 atom stereocenters. The van der Waals surface area contributed by atoms with Gasteiger partial charge >= 0.3 is 6.18 Å². The lowest BCUT2D eigenvalue weighted by Crippen LogP contribution is -2.39. The number of carbonyl (C=O) groups is 1. The Morgan fingerprint density at radius 3 is 2.25 bits per heavy atom. The highest BCUT2D eigenvalue weighted by atomic mass is 32.2. The van der Waals surface area contributed by atoms with E-state index in [-0.39, 0.29) is 30.8 Å². The number of alkyl halides is 3. The molecule has 2 aromatic carbocycles. The molecule has 0 saturated carbocycles. The van der Waals surface area contributed by atoms with Gasteiger partial charge in [-0.15, -0.1) is 0 Å². The predicted octanol–water partition coefficient (Wildman–Crippen LogP) is 3.68. The Balaban J connectivity index is 1.47. The topological polar surface area (TPSA) is 103 Å². The Bertz CT molecular complexity index is 1660. The summed E-state index contributed by atoms with van der Waals surface area (Å²) >= 11 is 0. The van der Waals surface area contributed by atoms with Crippen molar-refractivity contribution in [1.29, 1.82) is 0 Å². The summed E-state index contributed by atoms with van der Waals surface area (Å²) in [6, 6.07) is 13.1. The zero-order valence-corrected chi connectivity index (χ0v) is 22.6. The number of anilines is 1. The first-order valence-corrected chi connectivity index (χ1v) is 13.9. The summed E-state index contributed by atoms with van der Waals surface area (Å²) in [4.78, 5) is 19.3. The molecule has 40 heavy (non-hydrogen) atoms. The third kappa shape index (κ3) is 5.07. The fourth-order valence-corrected chi connectivity index (χ4v) is 4.89. The highest BCUT2D eigenvalue weighted by molar-refractivity contribution is 7.88. The van der Waals surface area contributed by atoms with E-state index in [1.165, 1.54) is 35.5 Å². The molecule has 0 unspecified atom stereocenters. The van der Waals surface area contributed by atoms with Crippen LogP contribution >= 0.6 is 0 Å². The first-order valence-electron chi connectivity index (χ1n) is 12.1. The van der Waals surface area contributed by atoms with Gasteiger partial charge in [0.1, 0.15) is 17.3 Å². The van der Waals surface area contributed by atoms with Gasteiger partial charge in [0.2, 0.25) is 10.0 Å². The highest BCUT2D eigenvalue weighted by Crippen LogP contribution is 2.37. The molecule has 0 saturated heterocycles. The number of hydrogen-bond acceptors (Lipinski definition) is 6. The maximum atomic E-state index is 13.9. The molecule has 0 fully saturated rings. The second-order valence-corrected chi connectivity index (χ2v) is 11.3. The standard InChI is InChI=1S/C26H25F3N6O4S/c1-32(40(3,37)38)16-22-30-13-15-33(22)17-4-6-18(7-5-17)34-14-12-21-23(25(34)36)35(31-24(21)26(27,28)29)19-8-10-20(39-2)11-9-19/h4-11,13,15H,12,14,16H2,1-3H3. The summed E-state index contributed by atoms with van der Waals surface area (Å²) in [5.41, 5.74) is 0.0993. The zero-order chi connectivity index (χ0) is 28.8. The van der Waals surface area contributed by atoms with Crippen LogP contribution in [-0.4, -0.2) is 64.9 Å². The van der Waals surface area contributed by atoms with Crippen molar-refractivity contribution in [2.24, 2.45) is 0 Å². The van der Waals surface area contributed by atoms with Crippen LogP contribution < -0.4 is 9.64 Å². The quantitative estimate of drug-likeness (QED) is 0.334. The van der Waals surface area contributed by atoms with Crippen molar-refractivity contribution < 1.29 is 31.1 Å². The third-order valence-corrected chi connectivity index (χ3v) is 7.95. The molecular weight excluding hydrogens is 549 g/mol. The molecule has 0 spiro atoms. The Morgan fingerprint density at radius 2 is 1.65 bits per heavy atom. The highest BCUT2D eigenvalue weighted by Gasteiger charge is 2.43. The number of benzene rings is 2. The van der Waals surface area contributed by atoms with E-state index in [0.29, 0.717) is 28.6 Å². The van der Waals surface area contributed by atoms with Crippen molar-refractivity contribution in [3.63, 3.8) is 0 Å². The number of imidazole rings is 1. The predicted molar refractivity (Wildman–Crippen MR) is 140 cm³/mol. The minimum atomic E-state index is -4.72. The molecule has 0 bridgehead atoms. The Hall–Kier alpha value is -4.17. The fraction of sp³-hybridized carbons (Fsp3) is 0.269. The van der Waals surface area contributed by atoms with Crippen LogP contribution in [-0.2, 0) is 29.2 Å². The molecule has 210 valence electrons. The van der Waals surface area contributed by atoms with Gasteiger partial charge < -0.3 is 14.2 Å². The van der Waals surface area contributed by atoms with Gasteiger partial charge in [-0.05, 0) is 55.0 Å². The Labute approximate surface area is 228 Å². The van der Waals surface area contributed by atoms with Crippen molar-refractivity contribution in [2.45, 2.75) is 19.1 Å². The van der Waals surface area contributed by atoms with Gasteiger partial charge in [0, 0.05) is 42.9 Å². The minimum Gasteiger partial charge on any atom is -0.497 e. The third-order valence-electron chi connectivity index (χ3n) is 6.69. The van der Waals surface area contributed by atoms with Gasteiger partial charge in [-0.2, -0.15) is 22.6 Å². The van der Waals surface area contributed by atoms with Crippen molar-refractivity contribution >= 4 is 21.6 Å². The number of ether oxygens (including phenoxy) is 1. The van der Waals surface area contributed by atoms with Gasteiger partial charge in [0.15, 0.2) is 5.69 Å². The van der Waals surface area contributed by atoms with Gasteiger partial charge in [-0.3, -0.25) is 4.79 Å². The monoisotopic (exact) mass is 574 g/mol. The maximum Gasteiger partial charge on any atom is 0.435 e. The second kappa shape index (κ2) is 10.1. The molecule has 2 aromatic heterocycles. The number of aromatic nitrogens is 4. The molecular formula is C26H25F3N6O4S. The molecule has 1 aliphatic rings. The SMILES string of the molecule is COc1ccc(-n2nc(C(F)(F)F)c3c2C(=O)N(c2ccc(-n4ccnc4CN(C)S(C)(=O)=O)cc2)CC3)cc1. The van der Waals surface area contributed by atoms with Crippen molar-refractivity contribution in [1.82, 2.24) is 23.6 Å². The molecule has 1 aliphatic heterocycles. The number of halogens is 3. The number of hydrogen-bond donors (Lipinski definition) is 0. The molecule has 4 aromatic rings. The maximum absolute atomic E-state index is 13.9. The summed E-state index contributed by atoms with van der Waals surface area (Å²) in [7, 11) is -0.486. The summed E-state index contributed by atoms with van der Waals surface area (Å²) in [5, 5.41) is 3.81. The number of amides is 1. The van der Waals surface area contributed by atoms with E-state index >= 15 is 0 Å². The molecule has 1 amide bonds. The lowest BCUT2D eigenvalue weighted by Gasteiger charge is -2.28. The average molecular weight is 575 g/mol. The van der Waals surface area contributed by atoms with E-state index in [9.17, 15) is 26.4 Å². The van der Waals surface area contributed by atoms with E-state index in [1.54, 1.807) is 53.4 Å². The second-order valence-electron chi connectivity index (χ2n) is 9.24. The first kappa shape index (κ1) is 27.4. The Kier molecular flexibility index (Phi) is 6.92. The molecule has 3 heterocycles. The average Bonchev–Trinajstić information content (AvgIpc) is 3.54. The smallest absolute Gasteiger partial charge is 0.435 e. The van der Waals surface area contributed by atoms with E-state index in [0.717, 1.165) is 10.9 Å². The van der Waals surface area contributed by atoms with Crippen LogP contribution in [0.4, 0.5) is 18.9 Å². The van der Waals surface area contributed by atoms with E-state index < -0.39 is 27.8 Å². The van der Waals surface area contributed by atoms with Crippen LogP contribution in [0.5, 0.6) is 5.75 Å². The first-order chi connectivity index (χ1) is 18.9. The summed E-state index contributed by atoms with van der Waals surface area (Å²) in [6.45, 7) is 0.0932. The molecule has 0 radical (unpaired) electrons. The van der Waals surface area contributed by atoms with Crippen molar-refractivity contribution in [3.8, 4) is 17.1 Å². The number of methoxy groups -OCH3 is 1. The van der Waals surface area contributed by atoms with Crippen LogP contribution in [0.15, 0.2) is 60.9 Å². The molecule has 0 aliphatic carbocycles. The van der Waals surface area contributed by atoms with Crippen LogP contribution in [0.1, 0.15) is 27.6 Å². The number of nitrogens with zero attached hydrogens (tertiary/aromatic N) is 6. The van der Waals surface area contributed by atoms with Gasteiger partial charge in [-0.1, -0.05) is 0 Å². The summed E-state index contributed by atoms with van der Waals surface area (Å²) < 4.78 is 74.3. The normalized spacial score (nSPS) is 14.1. The number of rotatable bonds is 7. The molecule has 14 heteroatoms. The van der Waals surface area contributed by atoms with Crippen molar-refractivity contribution in [3.05, 3.63) is 83.7 Å². The van der Waals surface area contributed by atoms with Gasteiger partial charge in [0.25, 0.3) is 5.91 Å². The fourth-order valence-electron chi connectivity index (χ4n) is 4.54. The van der Waals surface area contributed by atoms with Crippen LogP contribution in [0.2, 0.25) is 0 Å². The Morgan fingerprint density at radius 1 is 1.02 bits per heavy atom. The van der Waals surface area contributed by atoms with Gasteiger partial charge in [-0.25, -0.2) is 18.1 Å². The van der Waals surface area contributed by atoms with E-state index in [4.69, 9.17) is 4.74 Å². The lowest BCUT2D eigenvalue weighted by molar-refractivity contribution is -0.141. The molecule has 10 nitrogen and oxygen atoms in total. The summed E-state index contributed by atoms with van der Waals surface area (Å²) in [6.07, 6.45) is -0.413. The number of carbonyl (C=O) groups excluding carboxylic acids is 1. The van der Waals surface area contributed by atoms with E-state index in [1.807, 2.05) is 0 Å². The molecule has 0 N–H and O–H groups in total. The number of sulfonamides is 1. The van der Waals surface area contributed by atoms with Crippen LogP contribution in [0, 0.1) is 0 Å². The van der Waals surface area contributed by atoms with Gasteiger partial charge in [0.05, 0.1) is 25.6 Å². The van der Waals surface area contributed by atoms with E-state index in [2.05, 4.69) is 10.1 Å². The lowest BCUT2D eigenvalue weighted by atomic mass is 10.0. The van der Waals surface area contributed by atoms with Crippen LogP contribution in [0.3, 0.4) is 0 Å². The zero-order valence-electron chi connectivity index (χ0n) is 21.8. The van der Waals surface area contributed by atoms with Crippen LogP contribution in [0.25, 0.3) is 11.4 Å². The van der Waals surface area contributed by atoms with Crippen molar-refractivity contribution in [2.75, 3.05) is 31.9 Å². The number of fused-ring (bicyclic) bond motifs is 1.